The molecule has 0 N–H and O–H groups in total. The van der Waals surface area contributed by atoms with Gasteiger partial charge in [0.2, 0.25) is 0 Å². The maximum atomic E-state index is 13.0. The Labute approximate surface area is 165 Å². The van der Waals surface area contributed by atoms with Gasteiger partial charge in [-0.1, -0.05) is 6.42 Å². The Hall–Kier alpha value is -2.58. The van der Waals surface area contributed by atoms with Crippen LogP contribution in [0.4, 0.5) is 13.2 Å². The highest BCUT2D eigenvalue weighted by Crippen LogP contribution is 2.56. The summed E-state index contributed by atoms with van der Waals surface area (Å²) in [5, 5.41) is 8.52. The monoisotopic (exact) mass is 406 g/mol. The molecule has 9 heteroatoms. The molecular formula is C20H21F3N4O2. The number of likely N-dealkylation sites (tertiary alicyclic amines) is 1. The lowest BCUT2D eigenvalue weighted by molar-refractivity contribution is -0.274. The molecular weight excluding hydrogens is 385 g/mol. The van der Waals surface area contributed by atoms with Gasteiger partial charge in [-0.15, -0.1) is 23.4 Å². The molecule has 5 rings (SSSR count). The van der Waals surface area contributed by atoms with Crippen molar-refractivity contribution in [2.75, 3.05) is 13.1 Å². The summed E-state index contributed by atoms with van der Waals surface area (Å²) in [6.45, 7) is 1.21. The van der Waals surface area contributed by atoms with Crippen molar-refractivity contribution in [1.29, 1.82) is 0 Å². The van der Waals surface area contributed by atoms with E-state index < -0.39 is 6.36 Å². The number of halogens is 3. The van der Waals surface area contributed by atoms with Gasteiger partial charge in [-0.2, -0.15) is 0 Å². The number of hydrogen-bond donors (Lipinski definition) is 0. The van der Waals surface area contributed by atoms with Crippen LogP contribution in [0, 0.1) is 5.41 Å². The zero-order valence-electron chi connectivity index (χ0n) is 15.7. The Morgan fingerprint density at radius 3 is 2.48 bits per heavy atom. The van der Waals surface area contributed by atoms with E-state index in [4.69, 9.17) is 0 Å². The van der Waals surface area contributed by atoms with Gasteiger partial charge in [0.1, 0.15) is 17.9 Å². The summed E-state index contributed by atoms with van der Waals surface area (Å²) in [4.78, 5) is 14.9. The molecule has 1 atom stereocenters. The summed E-state index contributed by atoms with van der Waals surface area (Å²) in [7, 11) is 0. The standard InChI is InChI=1S/C20H21F3N4O2/c21-20(22,23)29-15-6-2-13(3-7-15)18(28)26-10-16(19(11-26)8-1-9-19)17-25-24-12-27(17)14-4-5-14/h2-3,6-7,12,14,16H,1,4-5,8-11H2. The van der Waals surface area contributed by atoms with E-state index in [2.05, 4.69) is 19.5 Å². The van der Waals surface area contributed by atoms with Gasteiger partial charge in [0.15, 0.2) is 0 Å². The largest absolute Gasteiger partial charge is 0.573 e. The Balaban J connectivity index is 1.35. The summed E-state index contributed by atoms with van der Waals surface area (Å²) >= 11 is 0. The molecule has 2 heterocycles. The highest BCUT2D eigenvalue weighted by molar-refractivity contribution is 5.94. The van der Waals surface area contributed by atoms with Crippen molar-refractivity contribution in [2.45, 2.75) is 50.4 Å². The van der Waals surface area contributed by atoms with Crippen LogP contribution in [0.25, 0.3) is 0 Å². The molecule has 3 aliphatic rings. The van der Waals surface area contributed by atoms with Crippen LogP contribution in [0.5, 0.6) is 5.75 Å². The Morgan fingerprint density at radius 1 is 1.17 bits per heavy atom. The predicted octanol–water partition coefficient (Wildman–Crippen LogP) is 3.92. The van der Waals surface area contributed by atoms with E-state index >= 15 is 0 Å². The number of rotatable bonds is 4. The fourth-order valence-corrected chi connectivity index (χ4v) is 4.73. The van der Waals surface area contributed by atoms with E-state index in [-0.39, 0.29) is 23.0 Å². The van der Waals surface area contributed by atoms with Crippen LogP contribution >= 0.6 is 0 Å². The molecule has 2 saturated carbocycles. The maximum Gasteiger partial charge on any atom is 0.573 e. The molecule has 1 unspecified atom stereocenters. The fraction of sp³-hybridized carbons (Fsp3) is 0.550. The van der Waals surface area contributed by atoms with Crippen molar-refractivity contribution in [2.24, 2.45) is 5.41 Å². The number of amides is 1. The molecule has 6 nitrogen and oxygen atoms in total. The molecule has 1 amide bonds. The minimum absolute atomic E-state index is 0.0364. The lowest BCUT2D eigenvalue weighted by Gasteiger charge is -2.42. The van der Waals surface area contributed by atoms with Crippen LogP contribution in [-0.4, -0.2) is 45.0 Å². The SMILES string of the molecule is O=C(c1ccc(OC(F)(F)F)cc1)N1CC(c2nncn2C2CC2)C2(CCC2)C1. The van der Waals surface area contributed by atoms with Crippen molar-refractivity contribution >= 4 is 5.91 Å². The molecule has 0 bridgehead atoms. The topological polar surface area (TPSA) is 60.2 Å². The van der Waals surface area contributed by atoms with Crippen molar-refractivity contribution < 1.29 is 22.7 Å². The first-order valence-electron chi connectivity index (χ1n) is 9.89. The number of alkyl halides is 3. The van der Waals surface area contributed by atoms with E-state index in [0.29, 0.717) is 24.7 Å². The minimum atomic E-state index is -4.75. The number of nitrogens with zero attached hydrogens (tertiary/aromatic N) is 4. The summed E-state index contributed by atoms with van der Waals surface area (Å²) in [6, 6.07) is 5.60. The van der Waals surface area contributed by atoms with E-state index in [0.717, 1.165) is 37.9 Å². The second-order valence-corrected chi connectivity index (χ2v) is 8.35. The van der Waals surface area contributed by atoms with Gasteiger partial charge < -0.3 is 14.2 Å². The minimum Gasteiger partial charge on any atom is -0.406 e. The molecule has 1 aliphatic heterocycles. The Kier molecular flexibility index (Phi) is 4.11. The first kappa shape index (κ1) is 18.4. The normalized spacial score (nSPS) is 23.3. The quantitative estimate of drug-likeness (QED) is 0.772. The average molecular weight is 406 g/mol. The summed E-state index contributed by atoms with van der Waals surface area (Å²) in [5.74, 6) is 0.615. The number of carbonyl (C=O) groups excluding carboxylic acids is 1. The highest BCUT2D eigenvalue weighted by Gasteiger charge is 2.54. The van der Waals surface area contributed by atoms with E-state index in [1.165, 1.54) is 24.3 Å². The first-order chi connectivity index (χ1) is 13.8. The smallest absolute Gasteiger partial charge is 0.406 e. The molecule has 1 aromatic carbocycles. The van der Waals surface area contributed by atoms with Gasteiger partial charge in [-0.05, 0) is 55.4 Å². The van der Waals surface area contributed by atoms with E-state index in [1.807, 2.05) is 4.90 Å². The number of carbonyl (C=O) groups is 1. The van der Waals surface area contributed by atoms with Crippen molar-refractivity contribution in [3.63, 3.8) is 0 Å². The van der Waals surface area contributed by atoms with Crippen LogP contribution in [0.15, 0.2) is 30.6 Å². The molecule has 3 fully saturated rings. The molecule has 0 radical (unpaired) electrons. The fourth-order valence-electron chi connectivity index (χ4n) is 4.73. The van der Waals surface area contributed by atoms with Crippen molar-refractivity contribution in [3.8, 4) is 5.75 Å². The third-order valence-electron chi connectivity index (χ3n) is 6.47. The Morgan fingerprint density at radius 2 is 1.90 bits per heavy atom. The molecule has 2 aliphatic carbocycles. The first-order valence-corrected chi connectivity index (χ1v) is 9.89. The molecule has 154 valence electrons. The number of benzene rings is 1. The van der Waals surface area contributed by atoms with Crippen molar-refractivity contribution in [1.82, 2.24) is 19.7 Å². The zero-order chi connectivity index (χ0) is 20.2. The number of hydrogen-bond acceptors (Lipinski definition) is 4. The summed E-state index contributed by atoms with van der Waals surface area (Å²) in [5.41, 5.74) is 0.396. The third kappa shape index (κ3) is 3.36. The van der Waals surface area contributed by atoms with Crippen LogP contribution in [0.1, 0.15) is 60.2 Å². The lowest BCUT2D eigenvalue weighted by atomic mass is 9.62. The van der Waals surface area contributed by atoms with Crippen LogP contribution in [0.2, 0.25) is 0 Å². The second kappa shape index (κ2) is 6.47. The van der Waals surface area contributed by atoms with Crippen molar-refractivity contribution in [3.05, 3.63) is 42.0 Å². The van der Waals surface area contributed by atoms with Gasteiger partial charge in [0.25, 0.3) is 5.91 Å². The average Bonchev–Trinajstić information content (AvgIpc) is 3.22. The maximum absolute atomic E-state index is 13.0. The molecule has 2 aromatic rings. The summed E-state index contributed by atoms with van der Waals surface area (Å²) < 4.78 is 43.1. The molecule has 1 saturated heterocycles. The molecule has 1 spiro atoms. The van der Waals surface area contributed by atoms with Gasteiger partial charge in [-0.3, -0.25) is 4.79 Å². The lowest BCUT2D eigenvalue weighted by Crippen LogP contribution is -2.38. The predicted molar refractivity (Wildman–Crippen MR) is 96.3 cm³/mol. The van der Waals surface area contributed by atoms with Gasteiger partial charge in [-0.25, -0.2) is 0 Å². The zero-order valence-corrected chi connectivity index (χ0v) is 15.7. The van der Waals surface area contributed by atoms with Gasteiger partial charge in [0, 0.05) is 30.6 Å². The van der Waals surface area contributed by atoms with E-state index in [1.54, 1.807) is 6.33 Å². The van der Waals surface area contributed by atoms with Gasteiger partial charge in [0.05, 0.1) is 0 Å². The number of aromatic nitrogens is 3. The van der Waals surface area contributed by atoms with Gasteiger partial charge >= 0.3 is 6.36 Å². The Bertz CT molecular complexity index is 917. The third-order valence-corrected chi connectivity index (χ3v) is 6.47. The van der Waals surface area contributed by atoms with E-state index in [9.17, 15) is 18.0 Å². The molecule has 1 aromatic heterocycles. The summed E-state index contributed by atoms with van der Waals surface area (Å²) in [6.07, 6.45) is 2.57. The highest BCUT2D eigenvalue weighted by atomic mass is 19.4. The van der Waals surface area contributed by atoms with Crippen LogP contribution in [0.3, 0.4) is 0 Å². The van der Waals surface area contributed by atoms with Crippen LogP contribution in [-0.2, 0) is 0 Å². The number of ether oxygens (including phenoxy) is 1. The molecule has 29 heavy (non-hydrogen) atoms. The van der Waals surface area contributed by atoms with Crippen LogP contribution < -0.4 is 4.74 Å². The second-order valence-electron chi connectivity index (χ2n) is 8.35.